The minimum Gasteiger partial charge on any atom is -0.477 e. The summed E-state index contributed by atoms with van der Waals surface area (Å²) in [7, 11) is 0. The zero-order chi connectivity index (χ0) is 16.1. The Morgan fingerprint density at radius 2 is 1.95 bits per heavy atom. The zero-order valence-electron chi connectivity index (χ0n) is 12.1. The quantitative estimate of drug-likeness (QED) is 0.856. The SMILES string of the molecule is CCc1c(CCCc2ccc(Cl)c(Cl)c2)ncnc1C(=O)O. The monoisotopic (exact) mass is 338 g/mol. The number of nitrogens with zero attached hydrogens (tertiary/aromatic N) is 2. The molecule has 0 aliphatic rings. The highest BCUT2D eigenvalue weighted by Gasteiger charge is 2.15. The first-order chi connectivity index (χ1) is 10.5. The first-order valence-corrected chi connectivity index (χ1v) is 7.78. The lowest BCUT2D eigenvalue weighted by Crippen LogP contribution is -2.10. The average Bonchev–Trinajstić information content (AvgIpc) is 2.50. The average molecular weight is 339 g/mol. The van der Waals surface area contributed by atoms with Gasteiger partial charge in [0.05, 0.1) is 10.0 Å². The molecule has 116 valence electrons. The van der Waals surface area contributed by atoms with Crippen molar-refractivity contribution in [2.75, 3.05) is 0 Å². The number of halogens is 2. The molecule has 0 radical (unpaired) electrons. The lowest BCUT2D eigenvalue weighted by atomic mass is 10.0. The Bertz CT molecular complexity index is 690. The van der Waals surface area contributed by atoms with E-state index in [0.717, 1.165) is 24.1 Å². The summed E-state index contributed by atoms with van der Waals surface area (Å²) in [6, 6.07) is 5.58. The number of aryl methyl sites for hydroxylation is 2. The molecular weight excluding hydrogens is 323 g/mol. The van der Waals surface area contributed by atoms with E-state index >= 15 is 0 Å². The van der Waals surface area contributed by atoms with Crippen LogP contribution in [-0.4, -0.2) is 21.0 Å². The Labute approximate surface area is 139 Å². The van der Waals surface area contributed by atoms with Crippen molar-refractivity contribution in [3.8, 4) is 0 Å². The smallest absolute Gasteiger partial charge is 0.354 e. The fourth-order valence-corrected chi connectivity index (χ4v) is 2.70. The van der Waals surface area contributed by atoms with Crippen molar-refractivity contribution in [2.45, 2.75) is 32.6 Å². The summed E-state index contributed by atoms with van der Waals surface area (Å²) in [6.45, 7) is 1.91. The standard InChI is InChI=1S/C16H16Cl2N2O2/c1-2-11-14(19-9-20-15(11)16(21)22)5-3-4-10-6-7-12(17)13(18)8-10/h6-9H,2-5H2,1H3,(H,21,22). The van der Waals surface area contributed by atoms with Crippen LogP contribution in [0.1, 0.15) is 40.7 Å². The van der Waals surface area contributed by atoms with Crippen molar-refractivity contribution >= 4 is 29.2 Å². The van der Waals surface area contributed by atoms with Crippen molar-refractivity contribution in [1.82, 2.24) is 9.97 Å². The number of carboxylic acids is 1. The number of carbonyl (C=O) groups is 1. The number of benzene rings is 1. The van der Waals surface area contributed by atoms with Crippen LogP contribution in [-0.2, 0) is 19.3 Å². The Hall–Kier alpha value is -1.65. The van der Waals surface area contributed by atoms with E-state index in [4.69, 9.17) is 28.3 Å². The number of rotatable bonds is 6. The third-order valence-electron chi connectivity index (χ3n) is 3.45. The first-order valence-electron chi connectivity index (χ1n) is 7.03. The molecule has 0 bridgehead atoms. The fraction of sp³-hybridized carbons (Fsp3) is 0.312. The second kappa shape index (κ2) is 7.56. The van der Waals surface area contributed by atoms with E-state index in [1.54, 1.807) is 6.07 Å². The molecule has 6 heteroatoms. The molecular formula is C16H16Cl2N2O2. The predicted molar refractivity (Wildman–Crippen MR) is 86.9 cm³/mol. The molecule has 0 saturated carbocycles. The van der Waals surface area contributed by atoms with Crippen molar-refractivity contribution in [3.63, 3.8) is 0 Å². The molecule has 0 spiro atoms. The van der Waals surface area contributed by atoms with Gasteiger partial charge >= 0.3 is 5.97 Å². The number of hydrogen-bond donors (Lipinski definition) is 1. The molecule has 0 unspecified atom stereocenters. The Morgan fingerprint density at radius 1 is 1.18 bits per heavy atom. The molecule has 0 amide bonds. The highest BCUT2D eigenvalue weighted by Crippen LogP contribution is 2.23. The van der Waals surface area contributed by atoms with E-state index in [0.29, 0.717) is 28.5 Å². The number of aromatic carboxylic acids is 1. The highest BCUT2D eigenvalue weighted by molar-refractivity contribution is 6.42. The van der Waals surface area contributed by atoms with Gasteiger partial charge in [0.1, 0.15) is 6.33 Å². The van der Waals surface area contributed by atoms with Gasteiger partial charge in [0.15, 0.2) is 5.69 Å². The predicted octanol–water partition coefficient (Wildman–Crippen LogP) is 4.22. The van der Waals surface area contributed by atoms with Crippen molar-refractivity contribution in [2.24, 2.45) is 0 Å². The summed E-state index contributed by atoms with van der Waals surface area (Å²) in [5, 5.41) is 10.3. The summed E-state index contributed by atoms with van der Waals surface area (Å²) >= 11 is 11.9. The maximum absolute atomic E-state index is 11.2. The van der Waals surface area contributed by atoms with Gasteiger partial charge in [-0.1, -0.05) is 36.2 Å². The van der Waals surface area contributed by atoms with Gasteiger partial charge in [0.25, 0.3) is 0 Å². The third kappa shape index (κ3) is 3.96. The first kappa shape index (κ1) is 16.7. The van der Waals surface area contributed by atoms with Gasteiger partial charge in [0, 0.05) is 11.3 Å². The van der Waals surface area contributed by atoms with E-state index < -0.39 is 5.97 Å². The molecule has 0 aliphatic carbocycles. The van der Waals surface area contributed by atoms with Crippen LogP contribution in [0.3, 0.4) is 0 Å². The van der Waals surface area contributed by atoms with Crippen LogP contribution < -0.4 is 0 Å². The Kier molecular flexibility index (Phi) is 5.75. The van der Waals surface area contributed by atoms with Crippen LogP contribution >= 0.6 is 23.2 Å². The van der Waals surface area contributed by atoms with Gasteiger partial charge in [-0.3, -0.25) is 0 Å². The van der Waals surface area contributed by atoms with Crippen molar-refractivity contribution < 1.29 is 9.90 Å². The molecule has 1 aromatic carbocycles. The molecule has 0 fully saturated rings. The molecule has 2 aromatic rings. The van der Waals surface area contributed by atoms with E-state index in [-0.39, 0.29) is 5.69 Å². The maximum Gasteiger partial charge on any atom is 0.354 e. The van der Waals surface area contributed by atoms with E-state index in [1.165, 1.54) is 6.33 Å². The Balaban J connectivity index is 2.07. The lowest BCUT2D eigenvalue weighted by Gasteiger charge is -2.09. The maximum atomic E-state index is 11.2. The van der Waals surface area contributed by atoms with Crippen molar-refractivity contribution in [1.29, 1.82) is 0 Å². The van der Waals surface area contributed by atoms with Crippen LogP contribution in [0, 0.1) is 0 Å². The van der Waals surface area contributed by atoms with E-state index in [2.05, 4.69) is 9.97 Å². The minimum atomic E-state index is -1.01. The van der Waals surface area contributed by atoms with Gasteiger partial charge in [-0.15, -0.1) is 0 Å². The van der Waals surface area contributed by atoms with Gasteiger partial charge in [-0.2, -0.15) is 0 Å². The van der Waals surface area contributed by atoms with Crippen molar-refractivity contribution in [3.05, 3.63) is 57.1 Å². The lowest BCUT2D eigenvalue weighted by molar-refractivity contribution is 0.0688. The largest absolute Gasteiger partial charge is 0.477 e. The van der Waals surface area contributed by atoms with Gasteiger partial charge in [0.2, 0.25) is 0 Å². The summed E-state index contributed by atoms with van der Waals surface area (Å²) in [5.41, 5.74) is 2.71. The topological polar surface area (TPSA) is 63.1 Å². The van der Waals surface area contributed by atoms with Crippen LogP contribution in [0.2, 0.25) is 10.0 Å². The molecule has 0 aliphatic heterocycles. The normalized spacial score (nSPS) is 10.7. The number of carboxylic acid groups (broad SMARTS) is 1. The fourth-order valence-electron chi connectivity index (χ4n) is 2.38. The van der Waals surface area contributed by atoms with Crippen LogP contribution in [0.15, 0.2) is 24.5 Å². The van der Waals surface area contributed by atoms with E-state index in [1.807, 2.05) is 19.1 Å². The molecule has 22 heavy (non-hydrogen) atoms. The van der Waals surface area contributed by atoms with Crippen LogP contribution in [0.5, 0.6) is 0 Å². The summed E-state index contributed by atoms with van der Waals surface area (Å²) in [4.78, 5) is 19.3. The second-order valence-corrected chi connectivity index (χ2v) is 5.72. The summed E-state index contributed by atoms with van der Waals surface area (Å²) in [6.07, 6.45) is 4.29. The van der Waals surface area contributed by atoms with Crippen LogP contribution in [0.25, 0.3) is 0 Å². The van der Waals surface area contributed by atoms with Gasteiger partial charge < -0.3 is 5.11 Å². The molecule has 1 heterocycles. The number of hydrogen-bond acceptors (Lipinski definition) is 3. The highest BCUT2D eigenvalue weighted by atomic mass is 35.5. The Morgan fingerprint density at radius 3 is 2.59 bits per heavy atom. The molecule has 0 saturated heterocycles. The second-order valence-electron chi connectivity index (χ2n) is 4.91. The summed E-state index contributed by atoms with van der Waals surface area (Å²) in [5.74, 6) is -1.01. The molecule has 1 aromatic heterocycles. The molecule has 1 N–H and O–H groups in total. The van der Waals surface area contributed by atoms with Gasteiger partial charge in [-0.05, 0) is 43.4 Å². The molecule has 2 rings (SSSR count). The van der Waals surface area contributed by atoms with Crippen LogP contribution in [0.4, 0.5) is 0 Å². The summed E-state index contributed by atoms with van der Waals surface area (Å²) < 4.78 is 0. The molecule has 4 nitrogen and oxygen atoms in total. The minimum absolute atomic E-state index is 0.0991. The number of aromatic nitrogens is 2. The zero-order valence-corrected chi connectivity index (χ0v) is 13.7. The van der Waals surface area contributed by atoms with Gasteiger partial charge in [-0.25, -0.2) is 14.8 Å². The molecule has 0 atom stereocenters. The third-order valence-corrected chi connectivity index (χ3v) is 4.19. The van der Waals surface area contributed by atoms with E-state index in [9.17, 15) is 4.79 Å².